The number of fused-ring (bicyclic) bond motifs is 2. The highest BCUT2D eigenvalue weighted by Crippen LogP contribution is 2.43. The Kier molecular flexibility index (Phi) is 5.95. The van der Waals surface area contributed by atoms with E-state index >= 15 is 0 Å². The molecule has 1 aliphatic rings. The number of nitrogens with zero attached hydrogens (tertiary/aromatic N) is 2. The highest BCUT2D eigenvalue weighted by atomic mass is 35.5. The molecule has 1 amide bonds. The summed E-state index contributed by atoms with van der Waals surface area (Å²) in [6.45, 7) is 6.40. The standard InChI is InChI=1S/C20H21ClF3N3O2/c1-3-26(4-2)7-8-27-16-6-5-12(20(22,23)24)9-18(16)29-17-11-15(25)14(21)10-13(17)19(27)28/h5-6,9-11H,3-4,7-8,25H2,1-2H3. The fourth-order valence-corrected chi connectivity index (χ4v) is 3.36. The lowest BCUT2D eigenvalue weighted by atomic mass is 10.1. The third-order valence-electron chi connectivity index (χ3n) is 4.91. The minimum absolute atomic E-state index is 0.0619. The first kappa shape index (κ1) is 21.3. The molecule has 1 aliphatic heterocycles. The number of carbonyl (C=O) groups excluding carboxylic acids is 1. The molecule has 0 aromatic heterocycles. The van der Waals surface area contributed by atoms with E-state index < -0.39 is 17.6 Å². The number of likely N-dealkylation sites (N-methyl/N-ethyl adjacent to an activating group) is 1. The lowest BCUT2D eigenvalue weighted by Gasteiger charge is -2.26. The van der Waals surface area contributed by atoms with E-state index in [-0.39, 0.29) is 40.0 Å². The van der Waals surface area contributed by atoms with Crippen LogP contribution in [-0.4, -0.2) is 37.0 Å². The Morgan fingerprint density at radius 1 is 1.14 bits per heavy atom. The first-order valence-corrected chi connectivity index (χ1v) is 9.55. The number of nitrogen functional groups attached to an aromatic ring is 1. The summed E-state index contributed by atoms with van der Waals surface area (Å²) in [6.07, 6.45) is -4.54. The van der Waals surface area contributed by atoms with Crippen LogP contribution < -0.4 is 15.4 Å². The quantitative estimate of drug-likeness (QED) is 0.679. The number of halogens is 4. The van der Waals surface area contributed by atoms with Crippen molar-refractivity contribution in [3.05, 3.63) is 46.5 Å². The predicted octanol–water partition coefficient (Wildman–Crippen LogP) is 5.04. The second-order valence-corrected chi connectivity index (χ2v) is 7.04. The van der Waals surface area contributed by atoms with Gasteiger partial charge in [-0.2, -0.15) is 13.2 Å². The first-order valence-electron chi connectivity index (χ1n) is 9.18. The van der Waals surface area contributed by atoms with Crippen LogP contribution in [-0.2, 0) is 6.18 Å². The van der Waals surface area contributed by atoms with Gasteiger partial charge in [0.05, 0.1) is 27.5 Å². The Hall–Kier alpha value is -2.45. The minimum atomic E-state index is -4.54. The SMILES string of the molecule is CCN(CC)CCN1C(=O)c2cc(Cl)c(N)cc2Oc2cc(C(F)(F)F)ccc21. The molecule has 156 valence electrons. The number of carbonyl (C=O) groups is 1. The van der Waals surface area contributed by atoms with Gasteiger partial charge in [-0.1, -0.05) is 25.4 Å². The Morgan fingerprint density at radius 3 is 2.45 bits per heavy atom. The molecule has 3 rings (SSSR count). The van der Waals surface area contributed by atoms with Crippen LogP contribution in [0, 0.1) is 0 Å². The highest BCUT2D eigenvalue weighted by Gasteiger charge is 2.34. The van der Waals surface area contributed by atoms with Crippen molar-refractivity contribution in [1.82, 2.24) is 4.90 Å². The Morgan fingerprint density at radius 2 is 1.83 bits per heavy atom. The Balaban J connectivity index is 2.11. The van der Waals surface area contributed by atoms with Crippen molar-refractivity contribution in [2.45, 2.75) is 20.0 Å². The summed E-state index contributed by atoms with van der Waals surface area (Å²) in [6, 6.07) is 5.84. The number of benzene rings is 2. The van der Waals surface area contributed by atoms with Gasteiger partial charge in [-0.3, -0.25) is 4.79 Å². The molecule has 2 aromatic rings. The molecule has 0 saturated carbocycles. The molecule has 0 atom stereocenters. The molecule has 9 heteroatoms. The lowest BCUT2D eigenvalue weighted by molar-refractivity contribution is -0.137. The zero-order valence-electron chi connectivity index (χ0n) is 16.0. The predicted molar refractivity (Wildman–Crippen MR) is 107 cm³/mol. The third kappa shape index (κ3) is 4.28. The van der Waals surface area contributed by atoms with Gasteiger partial charge in [-0.25, -0.2) is 0 Å². The van der Waals surface area contributed by atoms with Crippen LogP contribution in [0.2, 0.25) is 5.02 Å². The van der Waals surface area contributed by atoms with Crippen molar-refractivity contribution >= 4 is 28.9 Å². The van der Waals surface area contributed by atoms with E-state index in [2.05, 4.69) is 4.90 Å². The summed E-state index contributed by atoms with van der Waals surface area (Å²) in [5.74, 6) is -0.399. The van der Waals surface area contributed by atoms with Crippen molar-refractivity contribution in [2.24, 2.45) is 0 Å². The zero-order valence-corrected chi connectivity index (χ0v) is 16.8. The number of anilines is 2. The zero-order chi connectivity index (χ0) is 21.3. The molecular weight excluding hydrogens is 407 g/mol. The third-order valence-corrected chi connectivity index (χ3v) is 5.23. The summed E-state index contributed by atoms with van der Waals surface area (Å²) in [7, 11) is 0. The summed E-state index contributed by atoms with van der Waals surface area (Å²) in [5, 5.41) is 0.173. The second kappa shape index (κ2) is 8.12. The van der Waals surface area contributed by atoms with Gasteiger partial charge in [0.25, 0.3) is 5.91 Å². The van der Waals surface area contributed by atoms with Crippen molar-refractivity contribution in [1.29, 1.82) is 0 Å². The van der Waals surface area contributed by atoms with Crippen LogP contribution in [0.4, 0.5) is 24.5 Å². The van der Waals surface area contributed by atoms with Gasteiger partial charge >= 0.3 is 6.18 Å². The molecule has 2 N–H and O–H groups in total. The average Bonchev–Trinajstić information content (AvgIpc) is 2.77. The van der Waals surface area contributed by atoms with Gasteiger partial charge in [-0.05, 0) is 37.4 Å². The number of nitrogens with two attached hydrogens (primary N) is 1. The summed E-state index contributed by atoms with van der Waals surface area (Å²) >= 11 is 6.07. The molecule has 2 aromatic carbocycles. The van der Waals surface area contributed by atoms with Crippen LogP contribution in [0.15, 0.2) is 30.3 Å². The molecule has 0 bridgehead atoms. The van der Waals surface area contributed by atoms with E-state index in [0.717, 1.165) is 25.2 Å². The average molecular weight is 428 g/mol. The van der Waals surface area contributed by atoms with Crippen LogP contribution in [0.5, 0.6) is 11.5 Å². The number of amides is 1. The van der Waals surface area contributed by atoms with Crippen LogP contribution >= 0.6 is 11.6 Å². The van der Waals surface area contributed by atoms with Gasteiger partial charge < -0.3 is 20.3 Å². The van der Waals surface area contributed by atoms with Crippen LogP contribution in [0.3, 0.4) is 0 Å². The fraction of sp³-hybridized carbons (Fsp3) is 0.350. The largest absolute Gasteiger partial charge is 0.454 e. The van der Waals surface area contributed by atoms with Crippen molar-refractivity contribution < 1.29 is 22.7 Å². The lowest BCUT2D eigenvalue weighted by Crippen LogP contribution is -2.38. The van der Waals surface area contributed by atoms with E-state index in [0.29, 0.717) is 6.54 Å². The van der Waals surface area contributed by atoms with Crippen LogP contribution in [0.1, 0.15) is 29.8 Å². The van der Waals surface area contributed by atoms with Crippen molar-refractivity contribution in [3.8, 4) is 11.5 Å². The van der Waals surface area contributed by atoms with Crippen LogP contribution in [0.25, 0.3) is 0 Å². The molecule has 0 spiro atoms. The fourth-order valence-electron chi connectivity index (χ4n) is 3.19. The minimum Gasteiger partial charge on any atom is -0.454 e. The molecule has 0 unspecified atom stereocenters. The normalized spacial score (nSPS) is 13.8. The number of hydrogen-bond acceptors (Lipinski definition) is 4. The number of alkyl halides is 3. The van der Waals surface area contributed by atoms with E-state index in [1.165, 1.54) is 23.1 Å². The Bertz CT molecular complexity index is 930. The molecule has 0 radical (unpaired) electrons. The van der Waals surface area contributed by atoms with Gasteiger partial charge in [0.2, 0.25) is 0 Å². The summed E-state index contributed by atoms with van der Waals surface area (Å²) in [5.41, 5.74) is 5.52. The topological polar surface area (TPSA) is 58.8 Å². The second-order valence-electron chi connectivity index (χ2n) is 6.64. The number of hydrogen-bond donors (Lipinski definition) is 1. The van der Waals surface area contributed by atoms with Gasteiger partial charge in [0.15, 0.2) is 5.75 Å². The Labute approximate surface area is 171 Å². The number of rotatable bonds is 5. The smallest absolute Gasteiger partial charge is 0.416 e. The van der Waals surface area contributed by atoms with Gasteiger partial charge in [-0.15, -0.1) is 0 Å². The summed E-state index contributed by atoms with van der Waals surface area (Å²) in [4.78, 5) is 16.8. The molecule has 0 aliphatic carbocycles. The van der Waals surface area contributed by atoms with Gasteiger partial charge in [0.1, 0.15) is 5.75 Å². The molecule has 1 heterocycles. The molecule has 0 saturated heterocycles. The molecule has 29 heavy (non-hydrogen) atoms. The van der Waals surface area contributed by atoms with E-state index in [1.807, 2.05) is 13.8 Å². The van der Waals surface area contributed by atoms with Crippen molar-refractivity contribution in [2.75, 3.05) is 36.8 Å². The maximum atomic E-state index is 13.2. The molecule has 0 fully saturated rings. The highest BCUT2D eigenvalue weighted by molar-refractivity contribution is 6.33. The molecule has 5 nitrogen and oxygen atoms in total. The first-order chi connectivity index (χ1) is 13.7. The number of ether oxygens (including phenoxy) is 1. The maximum Gasteiger partial charge on any atom is 0.416 e. The van der Waals surface area contributed by atoms with Gasteiger partial charge in [0, 0.05) is 19.2 Å². The van der Waals surface area contributed by atoms with E-state index in [4.69, 9.17) is 22.1 Å². The molecular formula is C20H21ClF3N3O2. The monoisotopic (exact) mass is 427 g/mol. The van der Waals surface area contributed by atoms with E-state index in [1.54, 1.807) is 0 Å². The van der Waals surface area contributed by atoms with E-state index in [9.17, 15) is 18.0 Å². The maximum absolute atomic E-state index is 13.2. The summed E-state index contributed by atoms with van der Waals surface area (Å²) < 4.78 is 45.4. The van der Waals surface area contributed by atoms with Crippen molar-refractivity contribution in [3.63, 3.8) is 0 Å².